The quantitative estimate of drug-likeness (QED) is 0.773. The molecule has 1 N–H and O–H groups in total. The molecule has 3 nitrogen and oxygen atoms in total. The Morgan fingerprint density at radius 1 is 1.05 bits per heavy atom. The van der Waals surface area contributed by atoms with Crippen molar-refractivity contribution < 1.29 is 4.42 Å². The second-order valence-electron chi connectivity index (χ2n) is 4.59. The van der Waals surface area contributed by atoms with Crippen molar-refractivity contribution in [2.24, 2.45) is 0 Å². The van der Waals surface area contributed by atoms with Crippen molar-refractivity contribution in [2.45, 2.75) is 20.0 Å². The van der Waals surface area contributed by atoms with E-state index in [1.807, 2.05) is 49.6 Å². The number of hydrogen-bond donors (Lipinski definition) is 1. The molecular formula is C16H16N2O. The lowest BCUT2D eigenvalue weighted by atomic mass is 10.1. The highest BCUT2D eigenvalue weighted by Gasteiger charge is 2.09. The summed E-state index contributed by atoms with van der Waals surface area (Å²) >= 11 is 0. The summed E-state index contributed by atoms with van der Waals surface area (Å²) in [6.07, 6.45) is 3.63. The van der Waals surface area contributed by atoms with Crippen LogP contribution in [0, 0.1) is 6.92 Å². The van der Waals surface area contributed by atoms with Crippen LogP contribution in [0.25, 0.3) is 11.0 Å². The lowest BCUT2D eigenvalue weighted by Crippen LogP contribution is -2.12. The number of furan rings is 1. The van der Waals surface area contributed by atoms with Crippen molar-refractivity contribution in [1.29, 1.82) is 0 Å². The molecule has 0 fully saturated rings. The Kier molecular flexibility index (Phi) is 3.29. The lowest BCUT2D eigenvalue weighted by molar-refractivity contribution is 0.565. The highest BCUT2D eigenvalue weighted by molar-refractivity contribution is 5.82. The Morgan fingerprint density at radius 3 is 2.68 bits per heavy atom. The summed E-state index contributed by atoms with van der Waals surface area (Å²) in [7, 11) is 0. The van der Waals surface area contributed by atoms with Gasteiger partial charge in [-0.15, -0.1) is 0 Å². The summed E-state index contributed by atoms with van der Waals surface area (Å²) in [6, 6.07) is 12.2. The van der Waals surface area contributed by atoms with Crippen molar-refractivity contribution in [3.63, 3.8) is 0 Å². The summed E-state index contributed by atoms with van der Waals surface area (Å²) in [6.45, 7) is 3.66. The predicted molar refractivity (Wildman–Crippen MR) is 75.7 cm³/mol. The zero-order valence-electron chi connectivity index (χ0n) is 10.9. The third kappa shape index (κ3) is 2.51. The molecule has 3 rings (SSSR count). The van der Waals surface area contributed by atoms with Gasteiger partial charge in [-0.3, -0.25) is 4.98 Å². The van der Waals surface area contributed by atoms with Crippen LogP contribution >= 0.6 is 0 Å². The van der Waals surface area contributed by atoms with Gasteiger partial charge >= 0.3 is 0 Å². The van der Waals surface area contributed by atoms with E-state index >= 15 is 0 Å². The Balaban J connectivity index is 1.73. The van der Waals surface area contributed by atoms with Crippen LogP contribution in [0.4, 0.5) is 0 Å². The molecule has 0 spiro atoms. The van der Waals surface area contributed by atoms with Crippen LogP contribution in [0.15, 0.2) is 53.2 Å². The van der Waals surface area contributed by atoms with Gasteiger partial charge in [0.15, 0.2) is 0 Å². The average molecular weight is 252 g/mol. The van der Waals surface area contributed by atoms with Gasteiger partial charge in [0.2, 0.25) is 0 Å². The number of aromatic nitrogens is 1. The van der Waals surface area contributed by atoms with E-state index in [-0.39, 0.29) is 0 Å². The van der Waals surface area contributed by atoms with E-state index in [1.165, 1.54) is 16.5 Å². The SMILES string of the molecule is Cc1oc2ccccc2c1CNCc1ccncc1. The minimum Gasteiger partial charge on any atom is -0.461 e. The molecule has 96 valence electrons. The Bertz CT molecular complexity index is 674. The topological polar surface area (TPSA) is 38.1 Å². The van der Waals surface area contributed by atoms with Crippen molar-refractivity contribution in [1.82, 2.24) is 10.3 Å². The van der Waals surface area contributed by atoms with Gasteiger partial charge in [-0.05, 0) is 30.7 Å². The molecule has 0 unspecified atom stereocenters. The molecule has 2 aromatic heterocycles. The van der Waals surface area contributed by atoms with Gasteiger partial charge in [0.25, 0.3) is 0 Å². The second-order valence-corrected chi connectivity index (χ2v) is 4.59. The zero-order chi connectivity index (χ0) is 13.1. The van der Waals surface area contributed by atoms with Crippen LogP contribution in [0.1, 0.15) is 16.9 Å². The molecule has 2 heterocycles. The molecular weight excluding hydrogens is 236 g/mol. The van der Waals surface area contributed by atoms with Crippen molar-refractivity contribution in [3.8, 4) is 0 Å². The second kappa shape index (κ2) is 5.24. The largest absolute Gasteiger partial charge is 0.461 e. The van der Waals surface area contributed by atoms with Crippen LogP contribution in [-0.2, 0) is 13.1 Å². The molecule has 1 aromatic carbocycles. The van der Waals surface area contributed by atoms with Gasteiger partial charge in [-0.1, -0.05) is 18.2 Å². The fourth-order valence-electron chi connectivity index (χ4n) is 2.27. The first-order chi connectivity index (χ1) is 9.34. The van der Waals surface area contributed by atoms with Crippen LogP contribution in [0.3, 0.4) is 0 Å². The number of nitrogens with one attached hydrogen (secondary N) is 1. The van der Waals surface area contributed by atoms with E-state index in [0.717, 1.165) is 24.4 Å². The van der Waals surface area contributed by atoms with E-state index in [0.29, 0.717) is 0 Å². The van der Waals surface area contributed by atoms with Crippen molar-refractivity contribution >= 4 is 11.0 Å². The highest BCUT2D eigenvalue weighted by atomic mass is 16.3. The molecule has 19 heavy (non-hydrogen) atoms. The Labute approximate surface area is 112 Å². The van der Waals surface area contributed by atoms with Crippen LogP contribution in [-0.4, -0.2) is 4.98 Å². The first-order valence-corrected chi connectivity index (χ1v) is 6.41. The summed E-state index contributed by atoms with van der Waals surface area (Å²) in [4.78, 5) is 4.02. The monoisotopic (exact) mass is 252 g/mol. The maximum Gasteiger partial charge on any atom is 0.134 e. The van der Waals surface area contributed by atoms with Gasteiger partial charge in [0.1, 0.15) is 11.3 Å². The molecule has 0 atom stereocenters. The Hall–Kier alpha value is -2.13. The normalized spacial score (nSPS) is 11.0. The summed E-state index contributed by atoms with van der Waals surface area (Å²) in [5, 5.41) is 4.65. The van der Waals surface area contributed by atoms with Crippen LogP contribution in [0.5, 0.6) is 0 Å². The van der Waals surface area contributed by atoms with Gasteiger partial charge < -0.3 is 9.73 Å². The number of fused-ring (bicyclic) bond motifs is 1. The molecule has 0 aliphatic rings. The Morgan fingerprint density at radius 2 is 1.84 bits per heavy atom. The van der Waals surface area contributed by atoms with Gasteiger partial charge in [0.05, 0.1) is 0 Å². The minimum atomic E-state index is 0.811. The molecule has 0 amide bonds. The number of pyridine rings is 1. The first kappa shape index (κ1) is 11.9. The molecule has 3 heteroatoms. The molecule has 0 saturated carbocycles. The smallest absolute Gasteiger partial charge is 0.134 e. The van der Waals surface area contributed by atoms with Gasteiger partial charge in [-0.2, -0.15) is 0 Å². The molecule has 0 aliphatic carbocycles. The van der Waals surface area contributed by atoms with E-state index in [2.05, 4.69) is 16.4 Å². The van der Waals surface area contributed by atoms with Crippen molar-refractivity contribution in [3.05, 3.63) is 65.7 Å². The third-order valence-electron chi connectivity index (χ3n) is 3.28. The number of benzene rings is 1. The third-order valence-corrected chi connectivity index (χ3v) is 3.28. The minimum absolute atomic E-state index is 0.811. The van der Waals surface area contributed by atoms with Crippen molar-refractivity contribution in [2.75, 3.05) is 0 Å². The van der Waals surface area contributed by atoms with E-state index < -0.39 is 0 Å². The molecule has 0 aliphatic heterocycles. The van der Waals surface area contributed by atoms with E-state index in [9.17, 15) is 0 Å². The van der Waals surface area contributed by atoms with Gasteiger partial charge in [-0.25, -0.2) is 0 Å². The highest BCUT2D eigenvalue weighted by Crippen LogP contribution is 2.24. The number of nitrogens with zero attached hydrogens (tertiary/aromatic N) is 1. The average Bonchev–Trinajstić information content (AvgIpc) is 2.76. The number of hydrogen-bond acceptors (Lipinski definition) is 3. The van der Waals surface area contributed by atoms with Gasteiger partial charge in [0, 0.05) is 36.4 Å². The summed E-state index contributed by atoms with van der Waals surface area (Å²) in [5.74, 6) is 0.989. The molecule has 0 bridgehead atoms. The molecule has 0 saturated heterocycles. The lowest BCUT2D eigenvalue weighted by Gasteiger charge is -2.04. The van der Waals surface area contributed by atoms with E-state index in [1.54, 1.807) is 0 Å². The fourth-order valence-corrected chi connectivity index (χ4v) is 2.27. The standard InChI is InChI=1S/C16H16N2O/c1-12-15(14-4-2-3-5-16(14)19-12)11-18-10-13-6-8-17-9-7-13/h2-9,18H,10-11H2,1H3. The van der Waals surface area contributed by atoms with Crippen LogP contribution in [0.2, 0.25) is 0 Å². The summed E-state index contributed by atoms with van der Waals surface area (Å²) < 4.78 is 5.75. The van der Waals surface area contributed by atoms with Crippen LogP contribution < -0.4 is 5.32 Å². The first-order valence-electron chi connectivity index (χ1n) is 6.41. The molecule has 0 radical (unpaired) electrons. The maximum atomic E-state index is 5.75. The summed E-state index contributed by atoms with van der Waals surface area (Å²) in [5.41, 5.74) is 3.44. The number of para-hydroxylation sites is 1. The molecule has 3 aromatic rings. The maximum absolute atomic E-state index is 5.75. The zero-order valence-corrected chi connectivity index (χ0v) is 10.9. The number of aryl methyl sites for hydroxylation is 1. The predicted octanol–water partition coefficient (Wildman–Crippen LogP) is 3.43. The number of rotatable bonds is 4. The van der Waals surface area contributed by atoms with E-state index in [4.69, 9.17) is 4.42 Å². The fraction of sp³-hybridized carbons (Fsp3) is 0.188.